The average Bonchev–Trinajstić information content (AvgIpc) is 2.77. The maximum atomic E-state index is 13.8. The summed E-state index contributed by atoms with van der Waals surface area (Å²) in [5.41, 5.74) is 0.331. The van der Waals surface area contributed by atoms with E-state index in [1.54, 1.807) is 32.3 Å². The van der Waals surface area contributed by atoms with E-state index in [9.17, 15) is 18.4 Å². The molecule has 1 amide bonds. The van der Waals surface area contributed by atoms with E-state index >= 15 is 0 Å². The number of esters is 1. The number of aromatic amines is 1. The highest BCUT2D eigenvalue weighted by Gasteiger charge is 2.35. The third-order valence-electron chi connectivity index (χ3n) is 4.98. The lowest BCUT2D eigenvalue weighted by molar-refractivity contribution is -0.140. The molecule has 1 N–H and O–H groups in total. The van der Waals surface area contributed by atoms with Gasteiger partial charge in [-0.05, 0) is 38.1 Å². The van der Waals surface area contributed by atoms with Crippen molar-refractivity contribution in [2.45, 2.75) is 39.2 Å². The Balaban J connectivity index is 2.23. The van der Waals surface area contributed by atoms with Gasteiger partial charge in [-0.2, -0.15) is 0 Å². The second kappa shape index (κ2) is 9.70. The first-order chi connectivity index (χ1) is 15.5. The largest absolute Gasteiger partial charge is 0.459 e. The van der Waals surface area contributed by atoms with Gasteiger partial charge in [-0.15, -0.1) is 0 Å². The van der Waals surface area contributed by atoms with Crippen molar-refractivity contribution in [3.63, 3.8) is 0 Å². The number of amides is 1. The van der Waals surface area contributed by atoms with E-state index in [1.165, 1.54) is 23.4 Å². The second-order valence-electron chi connectivity index (χ2n) is 8.50. The number of ether oxygens (including phenoxy) is 1. The summed E-state index contributed by atoms with van der Waals surface area (Å²) in [6, 6.07) is 4.49. The van der Waals surface area contributed by atoms with Crippen LogP contribution < -0.4 is 0 Å². The highest BCUT2D eigenvalue weighted by Crippen LogP contribution is 2.34. The van der Waals surface area contributed by atoms with E-state index in [2.05, 4.69) is 9.97 Å². The van der Waals surface area contributed by atoms with Gasteiger partial charge in [0.2, 0.25) is 0 Å². The third-order valence-corrected chi connectivity index (χ3v) is 5.20. The molecule has 0 saturated carbocycles. The van der Waals surface area contributed by atoms with Gasteiger partial charge < -0.3 is 14.6 Å². The standard InChI is InChI=1S/C24H24ClF2N3O3/c1-14(2)33-23(32)17-12-30(22(31)15-5-6-19(26)20(27)9-15)13-24(3,4)18-11-28-10-16(25)7-8-29-21(17)18/h5-12,14,29H,13H2,1-4H3. The fraction of sp³-hybridized carbons (Fsp3) is 0.292. The van der Waals surface area contributed by atoms with Crippen molar-refractivity contribution in [3.8, 4) is 0 Å². The Kier molecular flexibility index (Phi) is 7.17. The van der Waals surface area contributed by atoms with Crippen LogP contribution in [0.5, 0.6) is 0 Å². The summed E-state index contributed by atoms with van der Waals surface area (Å²) >= 11 is 6.08. The minimum Gasteiger partial charge on any atom is -0.459 e. The van der Waals surface area contributed by atoms with Gasteiger partial charge in [0, 0.05) is 47.9 Å². The van der Waals surface area contributed by atoms with Crippen LogP contribution in [-0.2, 0) is 14.9 Å². The molecule has 1 aromatic heterocycles. The van der Waals surface area contributed by atoms with E-state index < -0.39 is 35.0 Å². The quantitative estimate of drug-likeness (QED) is 0.620. The molecule has 2 aromatic rings. The number of aromatic nitrogens is 2. The number of fused-ring (bicyclic) bond motifs is 1. The molecule has 0 saturated heterocycles. The first-order valence-corrected chi connectivity index (χ1v) is 10.6. The number of hydrogen-bond acceptors (Lipinski definition) is 4. The summed E-state index contributed by atoms with van der Waals surface area (Å²) in [6.45, 7) is 7.29. The minimum atomic E-state index is -1.14. The average molecular weight is 476 g/mol. The van der Waals surface area contributed by atoms with E-state index in [4.69, 9.17) is 16.3 Å². The molecule has 0 atom stereocenters. The smallest absolute Gasteiger partial charge is 0.342 e. The first-order valence-electron chi connectivity index (χ1n) is 10.3. The molecule has 9 heteroatoms. The highest BCUT2D eigenvalue weighted by atomic mass is 35.5. The number of rotatable bonds is 3. The number of halogens is 3. The molecule has 6 nitrogen and oxygen atoms in total. The van der Waals surface area contributed by atoms with Crippen LogP contribution in [0.25, 0.3) is 5.57 Å². The second-order valence-corrected chi connectivity index (χ2v) is 8.94. The summed E-state index contributed by atoms with van der Waals surface area (Å²) in [6.07, 6.45) is 5.53. The number of carbonyl (C=O) groups excluding carboxylic acids is 2. The summed E-state index contributed by atoms with van der Waals surface area (Å²) in [7, 11) is 0. The molecule has 0 fully saturated rings. The van der Waals surface area contributed by atoms with Crippen LogP contribution in [0.3, 0.4) is 0 Å². The lowest BCUT2D eigenvalue weighted by Crippen LogP contribution is -2.37. The van der Waals surface area contributed by atoms with E-state index in [0.717, 1.165) is 12.1 Å². The number of H-pyrrole nitrogens is 1. The van der Waals surface area contributed by atoms with Gasteiger partial charge in [0.05, 0.1) is 22.4 Å². The Morgan fingerprint density at radius 2 is 1.91 bits per heavy atom. The summed E-state index contributed by atoms with van der Waals surface area (Å²) in [5, 5.41) is 0.375. The van der Waals surface area contributed by atoms with Crippen LogP contribution >= 0.6 is 11.6 Å². The van der Waals surface area contributed by atoms with Gasteiger partial charge in [-0.3, -0.25) is 9.78 Å². The minimum absolute atomic E-state index is 0.0557. The zero-order valence-corrected chi connectivity index (χ0v) is 19.4. The van der Waals surface area contributed by atoms with Crippen LogP contribution in [0.2, 0.25) is 5.02 Å². The van der Waals surface area contributed by atoms with Crippen molar-refractivity contribution in [1.82, 2.24) is 14.9 Å². The summed E-state index contributed by atoms with van der Waals surface area (Å²) in [5.74, 6) is -3.45. The molecule has 33 heavy (non-hydrogen) atoms. The summed E-state index contributed by atoms with van der Waals surface area (Å²) in [4.78, 5) is 34.9. The Labute approximate surface area is 195 Å². The highest BCUT2D eigenvalue weighted by molar-refractivity contribution is 6.30. The van der Waals surface area contributed by atoms with Crippen LogP contribution in [0.1, 0.15) is 49.3 Å². The number of nitrogens with zero attached hydrogens (tertiary/aromatic N) is 2. The topological polar surface area (TPSA) is 75.3 Å². The van der Waals surface area contributed by atoms with Gasteiger partial charge in [0.15, 0.2) is 11.6 Å². The van der Waals surface area contributed by atoms with Gasteiger partial charge in [-0.1, -0.05) is 25.4 Å². The molecule has 0 aliphatic carbocycles. The van der Waals surface area contributed by atoms with Crippen molar-refractivity contribution >= 4 is 29.1 Å². The normalized spacial score (nSPS) is 14.7. The fourth-order valence-corrected chi connectivity index (χ4v) is 3.56. The first kappa shape index (κ1) is 24.4. The van der Waals surface area contributed by atoms with Crippen LogP contribution in [0.4, 0.5) is 8.78 Å². The van der Waals surface area contributed by atoms with Crippen LogP contribution in [0.15, 0.2) is 49.1 Å². The molecule has 1 aliphatic heterocycles. The monoisotopic (exact) mass is 475 g/mol. The number of benzene rings is 1. The Hall–Kier alpha value is -3.26. The van der Waals surface area contributed by atoms with Gasteiger partial charge in [0.25, 0.3) is 5.91 Å². The van der Waals surface area contributed by atoms with Crippen molar-refractivity contribution in [3.05, 3.63) is 82.5 Å². The lowest BCUT2D eigenvalue weighted by atomic mass is 9.83. The molecule has 1 aliphatic rings. The molecule has 2 heterocycles. The summed E-state index contributed by atoms with van der Waals surface area (Å²) < 4.78 is 32.6. The van der Waals surface area contributed by atoms with Crippen molar-refractivity contribution in [1.29, 1.82) is 0 Å². The molecular formula is C24H24ClF2N3O3. The Bertz CT molecular complexity index is 1170. The van der Waals surface area contributed by atoms with E-state index in [-0.39, 0.29) is 17.7 Å². The predicted octanol–water partition coefficient (Wildman–Crippen LogP) is 5.19. The molecule has 0 spiro atoms. The maximum absolute atomic E-state index is 13.8. The number of hydrogen-bond donors (Lipinski definition) is 1. The zero-order valence-electron chi connectivity index (χ0n) is 18.7. The molecule has 0 unspecified atom stereocenters. The van der Waals surface area contributed by atoms with Crippen molar-refractivity contribution in [2.75, 3.05) is 6.54 Å². The Morgan fingerprint density at radius 3 is 2.58 bits per heavy atom. The number of carbonyl (C=O) groups is 2. The predicted molar refractivity (Wildman–Crippen MR) is 121 cm³/mol. The van der Waals surface area contributed by atoms with Crippen molar-refractivity contribution < 1.29 is 23.1 Å². The van der Waals surface area contributed by atoms with Crippen LogP contribution in [-0.4, -0.2) is 39.4 Å². The van der Waals surface area contributed by atoms with Crippen molar-refractivity contribution in [2.24, 2.45) is 0 Å². The molecular weight excluding hydrogens is 452 g/mol. The Morgan fingerprint density at radius 1 is 1.18 bits per heavy atom. The van der Waals surface area contributed by atoms with E-state index in [1.807, 2.05) is 13.8 Å². The van der Waals surface area contributed by atoms with Gasteiger partial charge in [0.1, 0.15) is 0 Å². The fourth-order valence-electron chi connectivity index (χ4n) is 3.44. The SMILES string of the molecule is CC(C)OC(=O)C1=CN(C(=O)c2ccc(F)c(F)c2)CC(C)(C)c2cncc(Cl)cc[nH]c21. The van der Waals surface area contributed by atoms with Crippen LogP contribution in [0, 0.1) is 11.6 Å². The molecule has 1 aromatic carbocycles. The lowest BCUT2D eigenvalue weighted by Gasteiger charge is -2.29. The number of nitrogens with one attached hydrogen (secondary N) is 1. The zero-order chi connectivity index (χ0) is 24.3. The molecule has 174 valence electrons. The van der Waals surface area contributed by atoms with E-state index in [0.29, 0.717) is 16.3 Å². The van der Waals surface area contributed by atoms with Gasteiger partial charge in [-0.25, -0.2) is 13.6 Å². The third kappa shape index (κ3) is 5.57. The molecule has 3 rings (SSSR count). The maximum Gasteiger partial charge on any atom is 0.342 e. The van der Waals surface area contributed by atoms with Gasteiger partial charge >= 0.3 is 5.97 Å². The molecule has 0 radical (unpaired) electrons. The molecule has 0 bridgehead atoms.